The standard InChI is InChI=1S/C15H20N2O3/c1-11(17-7-9-20-10-8-17)15(19)16-14-6-4-3-5-13(14)12(2)18/h3-6,11H,7-10H2,1-2H3,(H,16,19)/t11-/m1/s1. The van der Waals surface area contributed by atoms with Gasteiger partial charge in [0.15, 0.2) is 5.78 Å². The van der Waals surface area contributed by atoms with Crippen LogP contribution in [0.15, 0.2) is 24.3 Å². The van der Waals surface area contributed by atoms with E-state index >= 15 is 0 Å². The van der Waals surface area contributed by atoms with E-state index in [2.05, 4.69) is 10.2 Å². The van der Waals surface area contributed by atoms with E-state index in [-0.39, 0.29) is 17.7 Å². The summed E-state index contributed by atoms with van der Waals surface area (Å²) in [5, 5.41) is 2.85. The zero-order valence-corrected chi connectivity index (χ0v) is 11.9. The van der Waals surface area contributed by atoms with Crippen molar-refractivity contribution in [2.24, 2.45) is 0 Å². The third kappa shape index (κ3) is 3.43. The maximum Gasteiger partial charge on any atom is 0.241 e. The van der Waals surface area contributed by atoms with Crippen molar-refractivity contribution in [3.63, 3.8) is 0 Å². The van der Waals surface area contributed by atoms with Gasteiger partial charge in [-0.05, 0) is 26.0 Å². The Kier molecular flexibility index (Phi) is 4.87. The molecule has 5 nitrogen and oxygen atoms in total. The number of Topliss-reactive ketones (excluding diaryl/α,β-unsaturated/α-hetero) is 1. The molecule has 1 atom stereocenters. The number of ether oxygens (including phenoxy) is 1. The van der Waals surface area contributed by atoms with Crippen molar-refractivity contribution in [3.05, 3.63) is 29.8 Å². The molecule has 20 heavy (non-hydrogen) atoms. The Morgan fingerprint density at radius 1 is 1.25 bits per heavy atom. The second-order valence-corrected chi connectivity index (χ2v) is 4.92. The highest BCUT2D eigenvalue weighted by Crippen LogP contribution is 2.16. The van der Waals surface area contributed by atoms with Crippen molar-refractivity contribution in [1.29, 1.82) is 0 Å². The van der Waals surface area contributed by atoms with E-state index in [0.717, 1.165) is 13.1 Å². The van der Waals surface area contributed by atoms with Crippen molar-refractivity contribution in [2.75, 3.05) is 31.6 Å². The molecule has 0 unspecified atom stereocenters. The number of carbonyl (C=O) groups is 2. The lowest BCUT2D eigenvalue weighted by molar-refractivity contribution is -0.122. The number of morpholine rings is 1. The lowest BCUT2D eigenvalue weighted by Gasteiger charge is -2.31. The third-order valence-electron chi connectivity index (χ3n) is 3.54. The van der Waals surface area contributed by atoms with Crippen LogP contribution in [0.2, 0.25) is 0 Å². The minimum Gasteiger partial charge on any atom is -0.379 e. The van der Waals surface area contributed by atoms with E-state index in [4.69, 9.17) is 4.74 Å². The lowest BCUT2D eigenvalue weighted by atomic mass is 10.1. The van der Waals surface area contributed by atoms with Crippen LogP contribution >= 0.6 is 0 Å². The fourth-order valence-electron chi connectivity index (χ4n) is 2.27. The Bertz CT molecular complexity index is 496. The number of nitrogens with zero attached hydrogens (tertiary/aromatic N) is 1. The Hall–Kier alpha value is -1.72. The van der Waals surface area contributed by atoms with Crippen molar-refractivity contribution in [1.82, 2.24) is 4.90 Å². The fourth-order valence-corrected chi connectivity index (χ4v) is 2.27. The van der Waals surface area contributed by atoms with Crippen LogP contribution in [0, 0.1) is 0 Å². The molecule has 1 aromatic carbocycles. The molecular formula is C15H20N2O3. The van der Waals surface area contributed by atoms with E-state index in [1.165, 1.54) is 6.92 Å². The van der Waals surface area contributed by atoms with Gasteiger partial charge in [-0.1, -0.05) is 12.1 Å². The summed E-state index contributed by atoms with van der Waals surface area (Å²) in [5.74, 6) is -0.152. The summed E-state index contributed by atoms with van der Waals surface area (Å²) in [4.78, 5) is 25.9. The van der Waals surface area contributed by atoms with Crippen molar-refractivity contribution < 1.29 is 14.3 Å². The predicted octanol–water partition coefficient (Wildman–Crippen LogP) is 1.55. The van der Waals surface area contributed by atoms with Crippen LogP contribution in [0.3, 0.4) is 0 Å². The molecule has 1 aliphatic heterocycles. The summed E-state index contributed by atoms with van der Waals surface area (Å²) in [7, 11) is 0. The molecule has 1 aliphatic rings. The van der Waals surface area contributed by atoms with Gasteiger partial charge >= 0.3 is 0 Å². The first-order valence-electron chi connectivity index (χ1n) is 6.82. The van der Waals surface area contributed by atoms with Gasteiger partial charge in [-0.3, -0.25) is 14.5 Å². The average molecular weight is 276 g/mol. The van der Waals surface area contributed by atoms with Crippen LogP contribution in [0.25, 0.3) is 0 Å². The maximum atomic E-state index is 12.3. The molecule has 0 bridgehead atoms. The SMILES string of the molecule is CC(=O)c1ccccc1NC(=O)[C@@H](C)N1CCOCC1. The molecule has 0 radical (unpaired) electrons. The number of ketones is 1. The van der Waals surface area contributed by atoms with E-state index in [1.54, 1.807) is 24.3 Å². The Morgan fingerprint density at radius 3 is 2.55 bits per heavy atom. The van der Waals surface area contributed by atoms with Crippen molar-refractivity contribution in [3.8, 4) is 0 Å². The molecule has 0 aromatic heterocycles. The molecule has 0 aliphatic carbocycles. The average Bonchev–Trinajstić information content (AvgIpc) is 2.47. The van der Waals surface area contributed by atoms with Crippen LogP contribution in [0.1, 0.15) is 24.2 Å². The molecule has 1 fully saturated rings. The summed E-state index contributed by atoms with van der Waals surface area (Å²) in [6.07, 6.45) is 0. The molecule has 1 N–H and O–H groups in total. The smallest absolute Gasteiger partial charge is 0.241 e. The van der Waals surface area contributed by atoms with Crippen molar-refractivity contribution >= 4 is 17.4 Å². The van der Waals surface area contributed by atoms with Crippen LogP contribution in [0.4, 0.5) is 5.69 Å². The van der Waals surface area contributed by atoms with E-state index in [1.807, 2.05) is 6.92 Å². The van der Waals surface area contributed by atoms with Gasteiger partial charge in [0.1, 0.15) is 0 Å². The minimum absolute atomic E-state index is 0.0556. The molecule has 108 valence electrons. The van der Waals surface area contributed by atoms with Gasteiger partial charge in [-0.25, -0.2) is 0 Å². The van der Waals surface area contributed by atoms with Crippen LogP contribution < -0.4 is 5.32 Å². The molecule has 2 rings (SSSR count). The summed E-state index contributed by atoms with van der Waals surface area (Å²) >= 11 is 0. The third-order valence-corrected chi connectivity index (χ3v) is 3.54. The highest BCUT2D eigenvalue weighted by atomic mass is 16.5. The van der Waals surface area contributed by atoms with E-state index < -0.39 is 0 Å². The molecule has 0 spiro atoms. The van der Waals surface area contributed by atoms with Crippen LogP contribution in [0.5, 0.6) is 0 Å². The van der Waals surface area contributed by atoms with Gasteiger partial charge in [0.05, 0.1) is 24.9 Å². The number of hydrogen-bond acceptors (Lipinski definition) is 4. The first-order chi connectivity index (χ1) is 9.59. The van der Waals surface area contributed by atoms with E-state index in [0.29, 0.717) is 24.5 Å². The summed E-state index contributed by atoms with van der Waals surface area (Å²) in [6.45, 7) is 6.18. The second kappa shape index (κ2) is 6.63. The summed E-state index contributed by atoms with van der Waals surface area (Å²) < 4.78 is 5.28. The second-order valence-electron chi connectivity index (χ2n) is 4.92. The molecule has 0 saturated carbocycles. The van der Waals surface area contributed by atoms with Gasteiger partial charge in [0, 0.05) is 18.7 Å². The maximum absolute atomic E-state index is 12.3. The number of amides is 1. The monoisotopic (exact) mass is 276 g/mol. The molecule has 5 heteroatoms. The molecule has 1 amide bonds. The van der Waals surface area contributed by atoms with Gasteiger partial charge in [-0.15, -0.1) is 0 Å². The normalized spacial score (nSPS) is 17.5. The number of carbonyl (C=O) groups excluding carboxylic acids is 2. The molecular weight excluding hydrogens is 256 g/mol. The number of nitrogens with one attached hydrogen (secondary N) is 1. The molecule has 1 saturated heterocycles. The Balaban J connectivity index is 2.05. The van der Waals surface area contributed by atoms with Gasteiger partial charge in [0.2, 0.25) is 5.91 Å². The van der Waals surface area contributed by atoms with E-state index in [9.17, 15) is 9.59 Å². The minimum atomic E-state index is -0.237. The van der Waals surface area contributed by atoms with Crippen molar-refractivity contribution in [2.45, 2.75) is 19.9 Å². The highest BCUT2D eigenvalue weighted by Gasteiger charge is 2.23. The summed E-state index contributed by atoms with van der Waals surface area (Å²) in [5.41, 5.74) is 1.11. The largest absolute Gasteiger partial charge is 0.379 e. The molecule has 1 aromatic rings. The zero-order chi connectivity index (χ0) is 14.5. The Morgan fingerprint density at radius 2 is 1.90 bits per heavy atom. The number of benzene rings is 1. The first kappa shape index (κ1) is 14.7. The molecule has 1 heterocycles. The number of para-hydroxylation sites is 1. The number of rotatable bonds is 4. The Labute approximate surface area is 118 Å². The predicted molar refractivity (Wildman–Crippen MR) is 76.9 cm³/mol. The number of anilines is 1. The zero-order valence-electron chi connectivity index (χ0n) is 11.9. The van der Waals surface area contributed by atoms with Gasteiger partial charge in [-0.2, -0.15) is 0 Å². The van der Waals surface area contributed by atoms with Gasteiger partial charge < -0.3 is 10.1 Å². The topological polar surface area (TPSA) is 58.6 Å². The van der Waals surface area contributed by atoms with Gasteiger partial charge in [0.25, 0.3) is 0 Å². The van der Waals surface area contributed by atoms with Crippen LogP contribution in [-0.2, 0) is 9.53 Å². The summed E-state index contributed by atoms with van der Waals surface area (Å²) in [6, 6.07) is 6.83. The fraction of sp³-hybridized carbons (Fsp3) is 0.467. The first-order valence-corrected chi connectivity index (χ1v) is 6.82. The quantitative estimate of drug-likeness (QED) is 0.848. The number of hydrogen-bond donors (Lipinski definition) is 1. The highest BCUT2D eigenvalue weighted by molar-refractivity contribution is 6.04. The van der Waals surface area contributed by atoms with Crippen LogP contribution in [-0.4, -0.2) is 48.9 Å². The lowest BCUT2D eigenvalue weighted by Crippen LogP contribution is -2.47.